The van der Waals surface area contributed by atoms with E-state index in [2.05, 4.69) is 80.0 Å². The summed E-state index contributed by atoms with van der Waals surface area (Å²) in [6.45, 7) is 6.76. The summed E-state index contributed by atoms with van der Waals surface area (Å²) < 4.78 is 1.73. The van der Waals surface area contributed by atoms with Gasteiger partial charge in [-0.3, -0.25) is 0 Å². The predicted octanol–water partition coefficient (Wildman–Crippen LogP) is 5.62. The Morgan fingerprint density at radius 3 is 2.43 bits per heavy atom. The first-order chi connectivity index (χ1) is 10.6. The quantitative estimate of drug-likeness (QED) is 0.328. The molecule has 2 heteroatoms. The van der Waals surface area contributed by atoms with Crippen molar-refractivity contribution in [1.29, 1.82) is 0 Å². The van der Waals surface area contributed by atoms with E-state index in [0.717, 1.165) is 6.42 Å². The molecule has 4 rings (SSSR count). The van der Waals surface area contributed by atoms with Gasteiger partial charge < -0.3 is 0 Å². The molecular formula is C21H25GeHf-. The standard InChI is InChI=1S/C17H17.C4H8Ge.Hf/c1-12-7-3-4-10-15-11-13(2)17(16(12)15)14-8-5-6-9-14;1-4-3-5(4)2;/h3-8,10-12H,9H2,1-2H3;3,5H,1-2H3;/q-1;;. The maximum absolute atomic E-state index is 2.44. The molecule has 0 N–H and O–H groups in total. The first-order valence-electron chi connectivity index (χ1n) is 8.27. The van der Waals surface area contributed by atoms with E-state index >= 15 is 0 Å². The molecule has 0 saturated heterocycles. The van der Waals surface area contributed by atoms with Crippen LogP contribution in [0.15, 0.2) is 51.8 Å². The molecule has 0 amide bonds. The minimum absolute atomic E-state index is 0. The summed E-state index contributed by atoms with van der Waals surface area (Å²) >= 11 is -0.553. The third kappa shape index (κ3) is 4.30. The third-order valence-corrected chi connectivity index (χ3v) is 9.51. The Morgan fingerprint density at radius 1 is 1.17 bits per heavy atom. The van der Waals surface area contributed by atoms with Crippen LogP contribution < -0.4 is 0 Å². The van der Waals surface area contributed by atoms with Gasteiger partial charge in [-0.15, -0.1) is 34.9 Å². The van der Waals surface area contributed by atoms with Gasteiger partial charge in [-0.25, -0.2) is 0 Å². The molecule has 0 radical (unpaired) electrons. The van der Waals surface area contributed by atoms with E-state index in [4.69, 9.17) is 0 Å². The van der Waals surface area contributed by atoms with Gasteiger partial charge in [0.05, 0.1) is 0 Å². The van der Waals surface area contributed by atoms with Crippen molar-refractivity contribution in [3.05, 3.63) is 74.1 Å². The van der Waals surface area contributed by atoms with Crippen molar-refractivity contribution in [3.8, 4) is 0 Å². The number of hydrogen-bond acceptors (Lipinski definition) is 0. The van der Waals surface area contributed by atoms with Gasteiger partial charge in [0.2, 0.25) is 0 Å². The Hall–Kier alpha value is -0.537. The van der Waals surface area contributed by atoms with Crippen molar-refractivity contribution in [2.45, 2.75) is 38.9 Å². The van der Waals surface area contributed by atoms with Crippen molar-refractivity contribution in [3.63, 3.8) is 0 Å². The molecule has 1 aromatic carbocycles. The molecule has 0 nitrogen and oxygen atoms in total. The van der Waals surface area contributed by atoms with E-state index in [1.54, 1.807) is 4.41 Å². The summed E-state index contributed by atoms with van der Waals surface area (Å²) in [5, 5.41) is 0. The van der Waals surface area contributed by atoms with E-state index in [1.165, 1.54) is 27.8 Å². The largest absolute Gasteiger partial charge is 0.153 e. The van der Waals surface area contributed by atoms with Crippen LogP contribution in [-0.2, 0) is 25.8 Å². The summed E-state index contributed by atoms with van der Waals surface area (Å²) in [6.07, 6.45) is 16.6. The number of aryl methyl sites for hydroxylation is 1. The molecule has 0 aromatic heterocycles. The zero-order valence-electron chi connectivity index (χ0n) is 14.6. The van der Waals surface area contributed by atoms with Crippen LogP contribution in [0.4, 0.5) is 0 Å². The second-order valence-electron chi connectivity index (χ2n) is 6.63. The minimum Gasteiger partial charge on any atom is -0.153 e. The Balaban J connectivity index is 0.000000276. The van der Waals surface area contributed by atoms with Crippen LogP contribution in [0.1, 0.15) is 48.4 Å². The van der Waals surface area contributed by atoms with Crippen LogP contribution in [-0.4, -0.2) is 14.3 Å². The first kappa shape index (κ1) is 18.8. The average molecular weight is 529 g/mol. The Labute approximate surface area is 164 Å². The maximum atomic E-state index is 2.44. The summed E-state index contributed by atoms with van der Waals surface area (Å²) in [4.78, 5) is 2.44. The molecule has 0 saturated carbocycles. The van der Waals surface area contributed by atoms with Gasteiger partial charge in [-0.05, 0) is 12.3 Å². The van der Waals surface area contributed by atoms with Gasteiger partial charge >= 0.3 is 36.3 Å². The van der Waals surface area contributed by atoms with E-state index in [-0.39, 0.29) is 25.8 Å². The summed E-state index contributed by atoms with van der Waals surface area (Å²) in [5.41, 5.74) is 7.26. The summed E-state index contributed by atoms with van der Waals surface area (Å²) in [5.74, 6) is 2.90. The second-order valence-corrected chi connectivity index (χ2v) is 12.5. The molecule has 118 valence electrons. The van der Waals surface area contributed by atoms with Crippen molar-refractivity contribution in [2.75, 3.05) is 0 Å². The fourth-order valence-electron chi connectivity index (χ4n) is 3.26. The third-order valence-electron chi connectivity index (χ3n) is 4.80. The van der Waals surface area contributed by atoms with E-state index in [1.807, 2.05) is 0 Å². The fourth-order valence-corrected chi connectivity index (χ4v) is 6.81. The molecule has 2 atom stereocenters. The molecule has 2 aliphatic carbocycles. The summed E-state index contributed by atoms with van der Waals surface area (Å²) in [6, 6.07) is 2.32. The molecule has 0 fully saturated rings. The van der Waals surface area contributed by atoms with E-state index in [0.29, 0.717) is 5.92 Å². The van der Waals surface area contributed by atoms with Gasteiger partial charge in [0.1, 0.15) is 0 Å². The van der Waals surface area contributed by atoms with E-state index in [9.17, 15) is 0 Å². The smallest absolute Gasteiger partial charge is 0 e. The number of hydrogen-bond donors (Lipinski definition) is 0. The second kappa shape index (κ2) is 8.03. The molecule has 1 aliphatic heterocycles. The zero-order valence-corrected chi connectivity index (χ0v) is 20.6. The van der Waals surface area contributed by atoms with Crippen molar-refractivity contribution < 1.29 is 25.8 Å². The molecule has 1 heterocycles. The molecule has 1 aromatic rings. The fraction of sp³-hybridized carbons (Fsp3) is 0.286. The maximum Gasteiger partial charge on any atom is 0 e. The van der Waals surface area contributed by atoms with E-state index < -0.39 is 14.3 Å². The molecule has 3 aliphatic rings. The minimum atomic E-state index is -0.553. The Morgan fingerprint density at radius 2 is 1.87 bits per heavy atom. The number of allylic oxidation sites excluding steroid dienone is 8. The SMILES string of the molecule is C[C]1=[CH][GeH]1[CH3].Cc1[cH-]c2c(c1C1=CC=CC1)C(C)C=CC=C2.[Hf]. The van der Waals surface area contributed by atoms with Gasteiger partial charge in [0.25, 0.3) is 0 Å². The molecule has 23 heavy (non-hydrogen) atoms. The van der Waals surface area contributed by atoms with Crippen LogP contribution >= 0.6 is 0 Å². The first-order valence-corrected chi connectivity index (χ1v) is 13.3. The molecule has 0 spiro atoms. The van der Waals surface area contributed by atoms with Gasteiger partial charge in [0, 0.05) is 25.8 Å². The van der Waals surface area contributed by atoms with Crippen LogP contribution in [0.2, 0.25) is 5.76 Å². The van der Waals surface area contributed by atoms with Gasteiger partial charge in [-0.2, -0.15) is 5.56 Å². The normalized spacial score (nSPS) is 23.1. The average Bonchev–Trinajstić information content (AvgIpc) is 2.92. The van der Waals surface area contributed by atoms with Crippen molar-refractivity contribution >= 4 is 26.0 Å². The van der Waals surface area contributed by atoms with Crippen LogP contribution in [0.3, 0.4) is 0 Å². The van der Waals surface area contributed by atoms with Crippen molar-refractivity contribution in [1.82, 2.24) is 0 Å². The van der Waals surface area contributed by atoms with Crippen LogP contribution in [0.25, 0.3) is 11.6 Å². The van der Waals surface area contributed by atoms with Crippen molar-refractivity contribution in [2.24, 2.45) is 0 Å². The molecular weight excluding hydrogens is 503 g/mol. The van der Waals surface area contributed by atoms with Gasteiger partial charge in [0.15, 0.2) is 0 Å². The Bertz CT molecular complexity index is 725. The molecule has 2 unspecified atom stereocenters. The number of fused-ring (bicyclic) bond motifs is 1. The number of rotatable bonds is 1. The summed E-state index contributed by atoms with van der Waals surface area (Å²) in [7, 11) is 0. The molecule has 0 bridgehead atoms. The predicted molar refractivity (Wildman–Crippen MR) is 102 cm³/mol. The zero-order chi connectivity index (χ0) is 15.7. The Kier molecular flexibility index (Phi) is 6.56. The topological polar surface area (TPSA) is 0 Å². The van der Waals surface area contributed by atoms with Crippen LogP contribution in [0, 0.1) is 6.92 Å². The van der Waals surface area contributed by atoms with Crippen LogP contribution in [0.5, 0.6) is 0 Å². The van der Waals surface area contributed by atoms with Gasteiger partial charge in [-0.1, -0.05) is 49.8 Å². The monoisotopic (exact) mass is 531 g/mol.